The van der Waals surface area contributed by atoms with Gasteiger partial charge < -0.3 is 10.0 Å². The Morgan fingerprint density at radius 2 is 2.32 bits per heavy atom. The largest absolute Gasteiger partial charge is 0.396 e. The zero-order valence-electron chi connectivity index (χ0n) is 11.2. The summed E-state index contributed by atoms with van der Waals surface area (Å²) in [6.45, 7) is 3.78. The fourth-order valence-electron chi connectivity index (χ4n) is 2.77. The SMILES string of the molecule is CC(=O)c1cc(Br)ccc1N1CCCC(CCO)C1. The lowest BCUT2D eigenvalue weighted by Crippen LogP contribution is -2.36. The number of hydrogen-bond acceptors (Lipinski definition) is 3. The summed E-state index contributed by atoms with van der Waals surface area (Å²) in [4.78, 5) is 14.1. The topological polar surface area (TPSA) is 40.5 Å². The molecular weight excluding hydrogens is 306 g/mol. The highest BCUT2D eigenvalue weighted by Gasteiger charge is 2.22. The van der Waals surface area contributed by atoms with Crippen LogP contribution in [0.2, 0.25) is 0 Å². The first-order valence-electron chi connectivity index (χ1n) is 6.78. The molecule has 19 heavy (non-hydrogen) atoms. The second kappa shape index (κ2) is 6.53. The van der Waals surface area contributed by atoms with Gasteiger partial charge in [-0.2, -0.15) is 0 Å². The number of nitrogens with zero attached hydrogens (tertiary/aromatic N) is 1. The summed E-state index contributed by atoms with van der Waals surface area (Å²) < 4.78 is 0.936. The molecule has 0 aromatic heterocycles. The first kappa shape index (κ1) is 14.5. The quantitative estimate of drug-likeness (QED) is 0.864. The van der Waals surface area contributed by atoms with E-state index < -0.39 is 0 Å². The molecule has 0 aliphatic carbocycles. The van der Waals surface area contributed by atoms with Crippen LogP contribution in [0.25, 0.3) is 0 Å². The zero-order chi connectivity index (χ0) is 13.8. The second-order valence-corrected chi connectivity index (χ2v) is 6.10. The van der Waals surface area contributed by atoms with Crippen molar-refractivity contribution in [3.8, 4) is 0 Å². The maximum atomic E-state index is 11.8. The van der Waals surface area contributed by atoms with Crippen molar-refractivity contribution in [1.29, 1.82) is 0 Å². The van der Waals surface area contributed by atoms with Crippen LogP contribution in [0.1, 0.15) is 36.5 Å². The summed E-state index contributed by atoms with van der Waals surface area (Å²) in [6.07, 6.45) is 3.14. The number of benzene rings is 1. The molecule has 0 spiro atoms. The smallest absolute Gasteiger partial charge is 0.161 e. The molecule has 1 unspecified atom stereocenters. The van der Waals surface area contributed by atoms with Gasteiger partial charge in [-0.3, -0.25) is 4.79 Å². The molecule has 1 aliphatic heterocycles. The van der Waals surface area contributed by atoms with Crippen LogP contribution >= 0.6 is 15.9 Å². The predicted octanol–water partition coefficient (Wildman–Crippen LogP) is 3.25. The Morgan fingerprint density at radius 3 is 3.00 bits per heavy atom. The number of anilines is 1. The summed E-state index contributed by atoms with van der Waals surface area (Å²) >= 11 is 3.42. The molecule has 0 radical (unpaired) electrons. The number of aliphatic hydroxyl groups is 1. The Morgan fingerprint density at radius 1 is 1.53 bits per heavy atom. The van der Waals surface area contributed by atoms with Crippen molar-refractivity contribution in [2.24, 2.45) is 5.92 Å². The van der Waals surface area contributed by atoms with Gasteiger partial charge in [0.1, 0.15) is 0 Å². The van der Waals surface area contributed by atoms with Crippen LogP contribution in [0.4, 0.5) is 5.69 Å². The summed E-state index contributed by atoms with van der Waals surface area (Å²) in [5.41, 5.74) is 1.80. The van der Waals surface area contributed by atoms with Gasteiger partial charge in [-0.05, 0) is 50.3 Å². The van der Waals surface area contributed by atoms with Gasteiger partial charge in [-0.15, -0.1) is 0 Å². The lowest BCUT2D eigenvalue weighted by molar-refractivity contribution is 0.101. The van der Waals surface area contributed by atoms with Crippen LogP contribution in [-0.4, -0.2) is 30.6 Å². The predicted molar refractivity (Wildman–Crippen MR) is 80.8 cm³/mol. The van der Waals surface area contributed by atoms with E-state index in [4.69, 9.17) is 5.11 Å². The first-order chi connectivity index (χ1) is 9.11. The highest BCUT2D eigenvalue weighted by atomic mass is 79.9. The van der Waals surface area contributed by atoms with Gasteiger partial charge in [0.25, 0.3) is 0 Å². The molecule has 1 atom stereocenters. The number of piperidine rings is 1. The van der Waals surface area contributed by atoms with E-state index >= 15 is 0 Å². The van der Waals surface area contributed by atoms with Gasteiger partial charge in [-0.25, -0.2) is 0 Å². The molecule has 1 saturated heterocycles. The van der Waals surface area contributed by atoms with Gasteiger partial charge in [0.15, 0.2) is 5.78 Å². The Hall–Kier alpha value is -0.870. The van der Waals surface area contributed by atoms with Crippen LogP contribution in [0.5, 0.6) is 0 Å². The highest BCUT2D eigenvalue weighted by Crippen LogP contribution is 2.29. The molecule has 0 saturated carbocycles. The van der Waals surface area contributed by atoms with Crippen molar-refractivity contribution < 1.29 is 9.90 Å². The minimum atomic E-state index is 0.0978. The molecule has 3 nitrogen and oxygen atoms in total. The van der Waals surface area contributed by atoms with Crippen LogP contribution in [0, 0.1) is 5.92 Å². The number of hydrogen-bond donors (Lipinski definition) is 1. The zero-order valence-corrected chi connectivity index (χ0v) is 12.8. The number of halogens is 1. The van der Waals surface area contributed by atoms with Gasteiger partial charge in [0, 0.05) is 35.4 Å². The van der Waals surface area contributed by atoms with E-state index in [1.54, 1.807) is 6.92 Å². The number of rotatable bonds is 4. The van der Waals surface area contributed by atoms with Crippen molar-refractivity contribution in [3.05, 3.63) is 28.2 Å². The maximum absolute atomic E-state index is 11.8. The fraction of sp³-hybridized carbons (Fsp3) is 0.533. The molecule has 104 valence electrons. The van der Waals surface area contributed by atoms with Crippen molar-refractivity contribution in [2.45, 2.75) is 26.2 Å². The number of Topliss-reactive ketones (excluding diaryl/α,β-unsaturated/α-hetero) is 1. The van der Waals surface area contributed by atoms with Gasteiger partial charge in [0.05, 0.1) is 0 Å². The van der Waals surface area contributed by atoms with Crippen LogP contribution in [0.15, 0.2) is 22.7 Å². The van der Waals surface area contributed by atoms with Gasteiger partial charge >= 0.3 is 0 Å². The molecule has 1 aliphatic rings. The lowest BCUT2D eigenvalue weighted by Gasteiger charge is -2.35. The lowest BCUT2D eigenvalue weighted by atomic mass is 9.94. The Balaban J connectivity index is 2.23. The van der Waals surface area contributed by atoms with E-state index in [2.05, 4.69) is 20.8 Å². The van der Waals surface area contributed by atoms with E-state index in [0.717, 1.165) is 41.7 Å². The van der Waals surface area contributed by atoms with Crippen LogP contribution in [-0.2, 0) is 0 Å². The van der Waals surface area contributed by atoms with Crippen LogP contribution in [0.3, 0.4) is 0 Å². The van der Waals surface area contributed by atoms with Crippen molar-refractivity contribution >= 4 is 27.4 Å². The minimum absolute atomic E-state index is 0.0978. The Kier molecular flexibility index (Phi) is 4.99. The average Bonchev–Trinajstić information content (AvgIpc) is 2.39. The van der Waals surface area contributed by atoms with E-state index in [0.29, 0.717) is 5.92 Å². The number of carbonyl (C=O) groups is 1. The Bertz CT molecular complexity index is 459. The molecule has 0 bridgehead atoms. The normalized spacial score (nSPS) is 19.5. The first-order valence-corrected chi connectivity index (χ1v) is 7.57. The molecule has 2 rings (SSSR count). The third kappa shape index (κ3) is 3.57. The van der Waals surface area contributed by atoms with Crippen molar-refractivity contribution in [3.63, 3.8) is 0 Å². The molecule has 4 heteroatoms. The maximum Gasteiger partial charge on any atom is 0.161 e. The van der Waals surface area contributed by atoms with E-state index in [1.807, 2.05) is 18.2 Å². The fourth-order valence-corrected chi connectivity index (χ4v) is 3.13. The van der Waals surface area contributed by atoms with Crippen molar-refractivity contribution in [1.82, 2.24) is 0 Å². The number of ketones is 1. The third-order valence-corrected chi connectivity index (χ3v) is 4.23. The molecule has 1 aromatic rings. The number of aliphatic hydroxyl groups excluding tert-OH is 1. The standard InChI is InChI=1S/C15H20BrNO2/c1-11(19)14-9-13(16)4-5-15(14)17-7-2-3-12(10-17)6-8-18/h4-5,9,12,18H,2-3,6-8,10H2,1H3. The summed E-state index contributed by atoms with van der Waals surface area (Å²) in [6, 6.07) is 5.90. The van der Waals surface area contributed by atoms with Gasteiger partial charge in [-0.1, -0.05) is 15.9 Å². The van der Waals surface area contributed by atoms with Gasteiger partial charge in [0.2, 0.25) is 0 Å². The van der Waals surface area contributed by atoms with E-state index in [1.165, 1.54) is 6.42 Å². The molecular formula is C15H20BrNO2. The monoisotopic (exact) mass is 325 g/mol. The highest BCUT2D eigenvalue weighted by molar-refractivity contribution is 9.10. The summed E-state index contributed by atoms with van der Waals surface area (Å²) in [5, 5.41) is 9.08. The van der Waals surface area contributed by atoms with Crippen molar-refractivity contribution in [2.75, 3.05) is 24.6 Å². The minimum Gasteiger partial charge on any atom is -0.396 e. The Labute approximate surface area is 122 Å². The van der Waals surface area contributed by atoms with E-state index in [9.17, 15) is 4.79 Å². The summed E-state index contributed by atoms with van der Waals surface area (Å²) in [5.74, 6) is 0.628. The molecule has 1 aromatic carbocycles. The number of carbonyl (C=O) groups excluding carboxylic acids is 1. The summed E-state index contributed by atoms with van der Waals surface area (Å²) in [7, 11) is 0. The molecule has 0 amide bonds. The third-order valence-electron chi connectivity index (χ3n) is 3.73. The molecule has 1 N–H and O–H groups in total. The van der Waals surface area contributed by atoms with E-state index in [-0.39, 0.29) is 12.4 Å². The second-order valence-electron chi connectivity index (χ2n) is 5.18. The molecule has 1 fully saturated rings. The van der Waals surface area contributed by atoms with Crippen LogP contribution < -0.4 is 4.90 Å². The molecule has 1 heterocycles. The average molecular weight is 326 g/mol.